The van der Waals surface area contributed by atoms with E-state index in [2.05, 4.69) is 22.9 Å². The summed E-state index contributed by atoms with van der Waals surface area (Å²) < 4.78 is 27.4. The number of carbonyl (C=O) groups excluding carboxylic acids is 1. The molecule has 0 aromatic heterocycles. The van der Waals surface area contributed by atoms with Gasteiger partial charge in [0, 0.05) is 29.4 Å². The highest BCUT2D eigenvalue weighted by molar-refractivity contribution is 9.10. The van der Waals surface area contributed by atoms with E-state index >= 15 is 0 Å². The number of rotatable bonds is 2. The molecule has 0 saturated carbocycles. The summed E-state index contributed by atoms with van der Waals surface area (Å²) >= 11 is 3.46. The van der Waals surface area contributed by atoms with Crippen LogP contribution in [0.3, 0.4) is 0 Å². The summed E-state index contributed by atoms with van der Waals surface area (Å²) in [5, 5.41) is 0. The fraction of sp³-hybridized carbons (Fsp3) is 0.286. The number of nitrogens with zero attached hydrogens (tertiary/aromatic N) is 2. The lowest BCUT2D eigenvalue weighted by atomic mass is 9.99. The molecule has 0 radical (unpaired) electrons. The summed E-state index contributed by atoms with van der Waals surface area (Å²) in [6.07, 6.45) is 3.26. The van der Waals surface area contributed by atoms with Crippen molar-refractivity contribution in [2.24, 2.45) is 5.92 Å². The van der Waals surface area contributed by atoms with Crippen molar-refractivity contribution in [1.29, 1.82) is 0 Å². The number of fused-ring (bicyclic) bond motifs is 1. The molecule has 1 amide bonds. The zero-order valence-electron chi connectivity index (χ0n) is 15.5. The average Bonchev–Trinajstić information content (AvgIpc) is 2.68. The molecule has 2 aliphatic rings. The molecule has 146 valence electrons. The second-order valence-electron chi connectivity index (χ2n) is 7.29. The van der Waals surface area contributed by atoms with E-state index < -0.39 is 15.7 Å². The second kappa shape index (κ2) is 7.37. The van der Waals surface area contributed by atoms with E-state index in [0.29, 0.717) is 24.7 Å². The van der Waals surface area contributed by atoms with E-state index in [1.165, 1.54) is 6.20 Å². The lowest BCUT2D eigenvalue weighted by Crippen LogP contribution is -2.41. The first-order chi connectivity index (χ1) is 13.4. The Morgan fingerprint density at radius 1 is 1.07 bits per heavy atom. The van der Waals surface area contributed by atoms with Crippen molar-refractivity contribution in [2.45, 2.75) is 24.7 Å². The third-order valence-electron chi connectivity index (χ3n) is 5.32. The summed E-state index contributed by atoms with van der Waals surface area (Å²) in [5.74, 6) is 0.140. The zero-order chi connectivity index (χ0) is 19.9. The number of hydrogen-bond donors (Lipinski definition) is 0. The first kappa shape index (κ1) is 19.2. The number of hydrogen-bond acceptors (Lipinski definition) is 4. The maximum absolute atomic E-state index is 13.2. The molecule has 0 bridgehead atoms. The molecule has 28 heavy (non-hydrogen) atoms. The Kier molecular flexibility index (Phi) is 5.05. The largest absolute Gasteiger partial charge is 0.338 e. The Bertz CT molecular complexity index is 1060. The number of halogens is 1. The molecule has 2 aromatic carbocycles. The van der Waals surface area contributed by atoms with Crippen molar-refractivity contribution in [3.05, 3.63) is 64.1 Å². The Morgan fingerprint density at radius 2 is 1.79 bits per heavy atom. The van der Waals surface area contributed by atoms with Gasteiger partial charge >= 0.3 is 0 Å². The van der Waals surface area contributed by atoms with Gasteiger partial charge in [0.15, 0.2) is 4.91 Å². The van der Waals surface area contributed by atoms with Crippen LogP contribution in [0.5, 0.6) is 0 Å². The average molecular weight is 461 g/mol. The Hall–Kier alpha value is -2.12. The minimum Gasteiger partial charge on any atom is -0.338 e. The van der Waals surface area contributed by atoms with Gasteiger partial charge in [0.2, 0.25) is 9.84 Å². The van der Waals surface area contributed by atoms with Gasteiger partial charge in [-0.2, -0.15) is 0 Å². The number of benzene rings is 2. The summed E-state index contributed by atoms with van der Waals surface area (Å²) in [4.78, 5) is 16.6. The smallest absolute Gasteiger partial charge is 0.267 e. The number of para-hydroxylation sites is 1. The van der Waals surface area contributed by atoms with Crippen LogP contribution in [0.4, 0.5) is 11.4 Å². The van der Waals surface area contributed by atoms with Crippen LogP contribution in [0.2, 0.25) is 0 Å². The molecule has 4 rings (SSSR count). The molecular formula is C21H21BrN2O3S. The van der Waals surface area contributed by atoms with Crippen LogP contribution in [0.15, 0.2) is 69.0 Å². The predicted octanol–water partition coefficient (Wildman–Crippen LogP) is 4.47. The van der Waals surface area contributed by atoms with Crippen LogP contribution >= 0.6 is 15.9 Å². The van der Waals surface area contributed by atoms with Crippen molar-refractivity contribution in [3.8, 4) is 0 Å². The molecule has 0 aliphatic carbocycles. The first-order valence-electron chi connectivity index (χ1n) is 9.28. The highest BCUT2D eigenvalue weighted by atomic mass is 79.9. The van der Waals surface area contributed by atoms with Gasteiger partial charge in [0.05, 0.1) is 10.6 Å². The summed E-state index contributed by atoms with van der Waals surface area (Å²) in [7, 11) is -3.88. The molecule has 7 heteroatoms. The van der Waals surface area contributed by atoms with Crippen molar-refractivity contribution in [3.63, 3.8) is 0 Å². The van der Waals surface area contributed by atoms with E-state index in [9.17, 15) is 13.2 Å². The Balaban J connectivity index is 1.82. The minimum absolute atomic E-state index is 0.159. The fourth-order valence-corrected chi connectivity index (χ4v) is 5.56. The predicted molar refractivity (Wildman–Crippen MR) is 113 cm³/mol. The SMILES string of the molecule is CC1CCN(C(=O)C2=CN(c3cccc(Br)c3)c3ccccc3S2(=O)=O)CC1. The van der Waals surface area contributed by atoms with Gasteiger partial charge in [-0.25, -0.2) is 8.42 Å². The number of piperidine rings is 1. The third kappa shape index (κ3) is 3.37. The van der Waals surface area contributed by atoms with Crippen LogP contribution in [-0.4, -0.2) is 32.3 Å². The first-order valence-corrected chi connectivity index (χ1v) is 11.6. The molecule has 0 N–H and O–H groups in total. The van der Waals surface area contributed by atoms with Gasteiger partial charge in [-0.1, -0.05) is 41.1 Å². The number of amides is 1. The van der Waals surface area contributed by atoms with Gasteiger partial charge < -0.3 is 9.80 Å². The van der Waals surface area contributed by atoms with Crippen molar-refractivity contribution >= 4 is 43.0 Å². The van der Waals surface area contributed by atoms with Crippen molar-refractivity contribution in [2.75, 3.05) is 18.0 Å². The van der Waals surface area contributed by atoms with Gasteiger partial charge in [0.1, 0.15) is 0 Å². The lowest BCUT2D eigenvalue weighted by Gasteiger charge is -2.33. The second-order valence-corrected chi connectivity index (χ2v) is 10.1. The minimum atomic E-state index is -3.88. The summed E-state index contributed by atoms with van der Waals surface area (Å²) in [5.41, 5.74) is 1.33. The van der Waals surface area contributed by atoms with Crippen LogP contribution < -0.4 is 4.90 Å². The molecule has 0 spiro atoms. The van der Waals surface area contributed by atoms with Crippen LogP contribution in [0.25, 0.3) is 0 Å². The monoisotopic (exact) mass is 460 g/mol. The van der Waals surface area contributed by atoms with E-state index in [0.717, 1.165) is 23.0 Å². The number of likely N-dealkylation sites (tertiary alicyclic amines) is 1. The molecule has 2 aliphatic heterocycles. The number of anilines is 2. The molecule has 0 unspecified atom stereocenters. The van der Waals surface area contributed by atoms with Gasteiger partial charge in [-0.3, -0.25) is 4.79 Å². The molecule has 5 nitrogen and oxygen atoms in total. The number of carbonyl (C=O) groups is 1. The summed E-state index contributed by atoms with van der Waals surface area (Å²) in [6, 6.07) is 14.4. The van der Waals surface area contributed by atoms with Gasteiger partial charge in [-0.05, 0) is 49.1 Å². The van der Waals surface area contributed by atoms with E-state index in [1.807, 2.05) is 24.3 Å². The maximum Gasteiger partial charge on any atom is 0.267 e. The zero-order valence-corrected chi connectivity index (χ0v) is 17.9. The van der Waals surface area contributed by atoms with Crippen molar-refractivity contribution in [1.82, 2.24) is 4.90 Å². The van der Waals surface area contributed by atoms with E-state index in [4.69, 9.17) is 0 Å². The topological polar surface area (TPSA) is 57.7 Å². The van der Waals surface area contributed by atoms with Crippen LogP contribution in [0.1, 0.15) is 19.8 Å². The highest BCUT2D eigenvalue weighted by Gasteiger charge is 2.38. The molecular weight excluding hydrogens is 440 g/mol. The van der Waals surface area contributed by atoms with Gasteiger partial charge in [-0.15, -0.1) is 0 Å². The standard InChI is InChI=1S/C21H21BrN2O3S/c1-15-9-11-23(12-10-15)21(25)20-14-24(17-6-4-5-16(22)13-17)18-7-2-3-8-19(18)28(20,26)27/h2-8,13-15H,9-12H2,1H3. The van der Waals surface area contributed by atoms with E-state index in [-0.39, 0.29) is 9.80 Å². The summed E-state index contributed by atoms with van der Waals surface area (Å²) in [6.45, 7) is 3.33. The Labute approximate surface area is 173 Å². The molecule has 1 fully saturated rings. The Morgan fingerprint density at radius 3 is 2.50 bits per heavy atom. The highest BCUT2D eigenvalue weighted by Crippen LogP contribution is 2.40. The number of sulfone groups is 1. The van der Waals surface area contributed by atoms with Gasteiger partial charge in [0.25, 0.3) is 5.91 Å². The van der Waals surface area contributed by atoms with Crippen LogP contribution in [0, 0.1) is 5.92 Å². The molecule has 2 aromatic rings. The molecule has 1 saturated heterocycles. The quantitative estimate of drug-likeness (QED) is 0.662. The lowest BCUT2D eigenvalue weighted by molar-refractivity contribution is -0.127. The molecule has 2 heterocycles. The fourth-order valence-electron chi connectivity index (χ4n) is 3.64. The third-order valence-corrected chi connectivity index (χ3v) is 7.59. The van der Waals surface area contributed by atoms with Crippen LogP contribution in [-0.2, 0) is 14.6 Å². The van der Waals surface area contributed by atoms with E-state index in [1.54, 1.807) is 34.1 Å². The maximum atomic E-state index is 13.2. The normalized spacial score (nSPS) is 19.1. The molecule has 0 atom stereocenters. The van der Waals surface area contributed by atoms with Crippen molar-refractivity contribution < 1.29 is 13.2 Å².